The molecule has 1 atom stereocenters. The fourth-order valence-corrected chi connectivity index (χ4v) is 2.71. The molecule has 0 aliphatic heterocycles. The molecule has 1 N–H and O–H groups in total. The van der Waals surface area contributed by atoms with E-state index in [4.69, 9.17) is 4.42 Å². The molecule has 0 saturated carbocycles. The van der Waals surface area contributed by atoms with E-state index >= 15 is 0 Å². The number of aliphatic hydroxyl groups is 1. The van der Waals surface area contributed by atoms with Crippen molar-refractivity contribution in [3.63, 3.8) is 0 Å². The topological polar surface area (TPSA) is 33.4 Å². The van der Waals surface area contributed by atoms with Gasteiger partial charge in [-0.25, -0.2) is 0 Å². The lowest BCUT2D eigenvalue weighted by atomic mass is 10.2. The van der Waals surface area contributed by atoms with E-state index in [0.29, 0.717) is 5.76 Å². The van der Waals surface area contributed by atoms with Crippen LogP contribution in [-0.2, 0) is 0 Å². The van der Waals surface area contributed by atoms with Crippen molar-refractivity contribution in [2.24, 2.45) is 0 Å². The summed E-state index contributed by atoms with van der Waals surface area (Å²) in [6.45, 7) is 7.06. The van der Waals surface area contributed by atoms with Crippen molar-refractivity contribution in [3.8, 4) is 0 Å². The van der Waals surface area contributed by atoms with Crippen LogP contribution in [0.25, 0.3) is 0 Å². The van der Waals surface area contributed by atoms with Crippen molar-refractivity contribution in [1.82, 2.24) is 0 Å². The van der Waals surface area contributed by atoms with Gasteiger partial charge in [0.1, 0.15) is 11.9 Å². The standard InChI is InChI=1S/C11H20O2Si/c1-14(2,3)9-5-6-10(12)11-7-4-8-13-11/h4,7-8,10,12H,5-6,9H2,1-3H3. The first-order chi connectivity index (χ1) is 6.49. The molecule has 80 valence electrons. The van der Waals surface area contributed by atoms with Crippen molar-refractivity contribution in [1.29, 1.82) is 0 Å². The van der Waals surface area contributed by atoms with Gasteiger partial charge < -0.3 is 9.52 Å². The van der Waals surface area contributed by atoms with Crippen molar-refractivity contribution in [2.45, 2.75) is 44.6 Å². The maximum Gasteiger partial charge on any atom is 0.132 e. The Hall–Kier alpha value is -0.543. The molecule has 1 aromatic heterocycles. The van der Waals surface area contributed by atoms with Gasteiger partial charge in [0.25, 0.3) is 0 Å². The molecule has 14 heavy (non-hydrogen) atoms. The van der Waals surface area contributed by atoms with E-state index in [0.717, 1.165) is 12.8 Å². The maximum absolute atomic E-state index is 9.73. The van der Waals surface area contributed by atoms with E-state index in [-0.39, 0.29) is 0 Å². The van der Waals surface area contributed by atoms with E-state index < -0.39 is 14.2 Å². The van der Waals surface area contributed by atoms with Crippen LogP contribution in [0.4, 0.5) is 0 Å². The molecule has 1 heterocycles. The Labute approximate surface area is 87.0 Å². The van der Waals surface area contributed by atoms with Gasteiger partial charge in [-0.15, -0.1) is 0 Å². The Morgan fingerprint density at radius 2 is 2.14 bits per heavy atom. The van der Waals surface area contributed by atoms with Gasteiger partial charge >= 0.3 is 0 Å². The normalized spacial score (nSPS) is 14.3. The summed E-state index contributed by atoms with van der Waals surface area (Å²) < 4.78 is 5.14. The Kier molecular flexibility index (Phi) is 3.95. The van der Waals surface area contributed by atoms with Gasteiger partial charge in [-0.2, -0.15) is 0 Å². The van der Waals surface area contributed by atoms with Gasteiger partial charge in [0.15, 0.2) is 0 Å². The van der Waals surface area contributed by atoms with E-state index in [1.54, 1.807) is 6.26 Å². The molecule has 0 aromatic carbocycles. The van der Waals surface area contributed by atoms with E-state index in [2.05, 4.69) is 19.6 Å². The Balaban J connectivity index is 2.26. The molecule has 0 aliphatic rings. The monoisotopic (exact) mass is 212 g/mol. The zero-order valence-corrected chi connectivity index (χ0v) is 10.3. The third-order valence-corrected chi connectivity index (χ3v) is 4.13. The first-order valence-electron chi connectivity index (χ1n) is 5.20. The van der Waals surface area contributed by atoms with Crippen LogP contribution >= 0.6 is 0 Å². The lowest BCUT2D eigenvalue weighted by Crippen LogP contribution is -2.18. The van der Waals surface area contributed by atoms with E-state index in [1.165, 1.54) is 6.04 Å². The van der Waals surface area contributed by atoms with Gasteiger partial charge in [0.2, 0.25) is 0 Å². The molecular formula is C11H20O2Si. The molecule has 0 amide bonds. The highest BCUT2D eigenvalue weighted by Gasteiger charge is 2.15. The van der Waals surface area contributed by atoms with E-state index in [1.807, 2.05) is 12.1 Å². The van der Waals surface area contributed by atoms with Crippen molar-refractivity contribution in [3.05, 3.63) is 24.2 Å². The summed E-state index contributed by atoms with van der Waals surface area (Å²) in [5.41, 5.74) is 0. The van der Waals surface area contributed by atoms with Crippen LogP contribution in [0.1, 0.15) is 24.7 Å². The predicted octanol–water partition coefficient (Wildman–Crippen LogP) is 3.43. The summed E-state index contributed by atoms with van der Waals surface area (Å²) in [6, 6.07) is 4.92. The summed E-state index contributed by atoms with van der Waals surface area (Å²) in [5.74, 6) is 0.695. The largest absolute Gasteiger partial charge is 0.467 e. The Morgan fingerprint density at radius 3 is 2.64 bits per heavy atom. The second kappa shape index (κ2) is 4.80. The second-order valence-corrected chi connectivity index (χ2v) is 10.6. The second-order valence-electron chi connectivity index (χ2n) is 4.98. The van der Waals surface area contributed by atoms with Crippen LogP contribution in [0.5, 0.6) is 0 Å². The van der Waals surface area contributed by atoms with Crippen molar-refractivity contribution < 1.29 is 9.52 Å². The smallest absolute Gasteiger partial charge is 0.132 e. The molecule has 1 unspecified atom stereocenters. The molecule has 0 aliphatic carbocycles. The lowest BCUT2D eigenvalue weighted by Gasteiger charge is -2.16. The van der Waals surface area contributed by atoms with Gasteiger partial charge in [0.05, 0.1) is 6.26 Å². The van der Waals surface area contributed by atoms with Crippen LogP contribution in [0.15, 0.2) is 22.8 Å². The quantitative estimate of drug-likeness (QED) is 0.759. The molecule has 0 radical (unpaired) electrons. The van der Waals surface area contributed by atoms with Crippen LogP contribution in [0.3, 0.4) is 0 Å². The molecule has 1 rings (SSSR count). The number of aliphatic hydroxyl groups excluding tert-OH is 1. The molecule has 3 heteroatoms. The molecular weight excluding hydrogens is 192 g/mol. The minimum Gasteiger partial charge on any atom is -0.467 e. The minimum absolute atomic E-state index is 0.415. The summed E-state index contributed by atoms with van der Waals surface area (Å²) in [5, 5.41) is 9.73. The van der Waals surface area contributed by atoms with Crippen LogP contribution in [0.2, 0.25) is 25.7 Å². The molecule has 0 saturated heterocycles. The van der Waals surface area contributed by atoms with Crippen LogP contribution in [0, 0.1) is 0 Å². The molecule has 0 bridgehead atoms. The fourth-order valence-electron chi connectivity index (χ4n) is 1.45. The lowest BCUT2D eigenvalue weighted by molar-refractivity contribution is 0.139. The van der Waals surface area contributed by atoms with Gasteiger partial charge in [-0.3, -0.25) is 0 Å². The number of hydrogen-bond donors (Lipinski definition) is 1. The summed E-state index contributed by atoms with van der Waals surface area (Å²) in [4.78, 5) is 0. The highest BCUT2D eigenvalue weighted by atomic mass is 28.3. The Bertz CT molecular complexity index is 249. The number of hydrogen-bond acceptors (Lipinski definition) is 2. The SMILES string of the molecule is C[Si](C)(C)CCCC(O)c1ccco1. The molecule has 2 nitrogen and oxygen atoms in total. The third-order valence-electron chi connectivity index (χ3n) is 2.28. The highest BCUT2D eigenvalue weighted by molar-refractivity contribution is 6.76. The third kappa shape index (κ3) is 4.11. The minimum atomic E-state index is -0.951. The maximum atomic E-state index is 9.73. The zero-order valence-electron chi connectivity index (χ0n) is 9.29. The molecule has 1 aromatic rings. The van der Waals surface area contributed by atoms with Gasteiger partial charge in [-0.05, 0) is 18.6 Å². The first kappa shape index (κ1) is 11.5. The molecule has 0 spiro atoms. The first-order valence-corrected chi connectivity index (χ1v) is 8.91. The highest BCUT2D eigenvalue weighted by Crippen LogP contribution is 2.22. The Morgan fingerprint density at radius 1 is 1.43 bits per heavy atom. The van der Waals surface area contributed by atoms with Gasteiger partial charge in [-0.1, -0.05) is 32.1 Å². The van der Waals surface area contributed by atoms with Crippen molar-refractivity contribution >= 4 is 8.07 Å². The number of furan rings is 1. The van der Waals surface area contributed by atoms with E-state index in [9.17, 15) is 5.11 Å². The van der Waals surface area contributed by atoms with Crippen LogP contribution < -0.4 is 0 Å². The average molecular weight is 212 g/mol. The summed E-state index contributed by atoms with van der Waals surface area (Å²) >= 11 is 0. The average Bonchev–Trinajstić information content (AvgIpc) is 2.53. The summed E-state index contributed by atoms with van der Waals surface area (Å²) in [6.07, 6.45) is 3.10. The fraction of sp³-hybridized carbons (Fsp3) is 0.636. The number of rotatable bonds is 5. The van der Waals surface area contributed by atoms with Crippen molar-refractivity contribution in [2.75, 3.05) is 0 Å². The zero-order chi connectivity index (χ0) is 10.6. The molecule has 0 fully saturated rings. The predicted molar refractivity (Wildman–Crippen MR) is 61.1 cm³/mol. The summed E-state index contributed by atoms with van der Waals surface area (Å²) in [7, 11) is -0.951. The van der Waals surface area contributed by atoms with Crippen LogP contribution in [-0.4, -0.2) is 13.2 Å². The van der Waals surface area contributed by atoms with Gasteiger partial charge in [0, 0.05) is 8.07 Å².